The van der Waals surface area contributed by atoms with Crippen LogP contribution in [-0.4, -0.2) is 49.9 Å². The van der Waals surface area contributed by atoms with Gasteiger partial charge in [0.25, 0.3) is 0 Å². The summed E-state index contributed by atoms with van der Waals surface area (Å²) in [5, 5.41) is 9.27. The fourth-order valence-electron chi connectivity index (χ4n) is 3.37. The van der Waals surface area contributed by atoms with E-state index in [2.05, 4.69) is 4.90 Å². The quantitative estimate of drug-likeness (QED) is 0.791. The van der Waals surface area contributed by atoms with Gasteiger partial charge in [-0.15, -0.1) is 0 Å². The van der Waals surface area contributed by atoms with Crippen LogP contribution in [-0.2, 0) is 9.84 Å². The fraction of sp³-hybridized carbons (Fsp3) is 0.667. The van der Waals surface area contributed by atoms with Crippen molar-refractivity contribution >= 4 is 9.84 Å². The van der Waals surface area contributed by atoms with E-state index in [1.807, 2.05) is 19.1 Å². The Morgan fingerprint density at radius 3 is 2.35 bits per heavy atom. The van der Waals surface area contributed by atoms with Crippen molar-refractivity contribution in [2.45, 2.75) is 56.4 Å². The van der Waals surface area contributed by atoms with E-state index in [4.69, 9.17) is 0 Å². The molecule has 0 unspecified atom stereocenters. The lowest BCUT2D eigenvalue weighted by Crippen LogP contribution is -2.39. The molecule has 5 heteroatoms. The first kappa shape index (κ1) is 18.4. The monoisotopic (exact) mass is 339 g/mol. The SMILES string of the molecule is Cc1ccc(S(=O)(=O)CCCN(CCO)C2CCCCC2)cc1. The van der Waals surface area contributed by atoms with E-state index in [-0.39, 0.29) is 12.4 Å². The van der Waals surface area contributed by atoms with Crippen LogP contribution >= 0.6 is 0 Å². The number of aryl methyl sites for hydroxylation is 1. The van der Waals surface area contributed by atoms with Gasteiger partial charge in [-0.05, 0) is 44.9 Å². The number of hydrogen-bond donors (Lipinski definition) is 1. The molecule has 0 saturated heterocycles. The lowest BCUT2D eigenvalue weighted by molar-refractivity contribution is 0.124. The molecule has 0 bridgehead atoms. The van der Waals surface area contributed by atoms with E-state index < -0.39 is 9.84 Å². The molecule has 4 nitrogen and oxygen atoms in total. The minimum absolute atomic E-state index is 0.140. The van der Waals surface area contributed by atoms with Crippen molar-refractivity contribution < 1.29 is 13.5 Å². The van der Waals surface area contributed by atoms with Crippen molar-refractivity contribution in [1.82, 2.24) is 4.90 Å². The Kier molecular flexibility index (Phi) is 7.06. The first-order chi connectivity index (χ1) is 11.0. The number of sulfone groups is 1. The number of nitrogens with zero attached hydrogens (tertiary/aromatic N) is 1. The number of benzene rings is 1. The van der Waals surface area contributed by atoms with E-state index in [0.29, 0.717) is 23.9 Å². The van der Waals surface area contributed by atoms with Gasteiger partial charge in [0.1, 0.15) is 0 Å². The highest BCUT2D eigenvalue weighted by atomic mass is 32.2. The smallest absolute Gasteiger partial charge is 0.178 e. The molecule has 1 N–H and O–H groups in total. The standard InChI is InChI=1S/C18H29NO3S/c1-16-8-10-18(11-9-16)23(21,22)15-5-12-19(13-14-20)17-6-3-2-4-7-17/h8-11,17,20H,2-7,12-15H2,1H3. The third-order valence-corrected chi connectivity index (χ3v) is 6.53. The van der Waals surface area contributed by atoms with Crippen molar-refractivity contribution in [3.05, 3.63) is 29.8 Å². The Labute approximate surface area is 140 Å². The summed E-state index contributed by atoms with van der Waals surface area (Å²) in [5.74, 6) is 0.171. The van der Waals surface area contributed by atoms with Gasteiger partial charge in [0, 0.05) is 12.6 Å². The Bertz CT molecular complexity index is 562. The zero-order valence-corrected chi connectivity index (χ0v) is 14.9. The highest BCUT2D eigenvalue weighted by Crippen LogP contribution is 2.23. The normalized spacial score (nSPS) is 16.8. The van der Waals surface area contributed by atoms with Crippen molar-refractivity contribution in [3.63, 3.8) is 0 Å². The molecule has 0 aromatic heterocycles. The van der Waals surface area contributed by atoms with Gasteiger partial charge < -0.3 is 5.11 Å². The summed E-state index contributed by atoms with van der Waals surface area (Å²) in [7, 11) is -3.21. The average molecular weight is 340 g/mol. The van der Waals surface area contributed by atoms with Gasteiger partial charge in [-0.3, -0.25) is 4.90 Å². The van der Waals surface area contributed by atoms with Crippen molar-refractivity contribution in [2.75, 3.05) is 25.4 Å². The Balaban J connectivity index is 1.89. The van der Waals surface area contributed by atoms with Crippen LogP contribution in [0.25, 0.3) is 0 Å². The van der Waals surface area contributed by atoms with Crippen LogP contribution in [0.15, 0.2) is 29.2 Å². The second-order valence-corrected chi connectivity index (χ2v) is 8.65. The predicted octanol–water partition coefficient (Wildman–Crippen LogP) is 2.79. The molecule has 1 saturated carbocycles. The molecule has 0 heterocycles. The molecule has 0 atom stereocenters. The molecule has 23 heavy (non-hydrogen) atoms. The molecule has 0 spiro atoms. The Morgan fingerprint density at radius 1 is 1.09 bits per heavy atom. The minimum Gasteiger partial charge on any atom is -0.395 e. The average Bonchev–Trinajstić information content (AvgIpc) is 2.55. The second kappa shape index (κ2) is 8.81. The van der Waals surface area contributed by atoms with Gasteiger partial charge in [0.15, 0.2) is 9.84 Å². The third-order valence-electron chi connectivity index (χ3n) is 4.72. The lowest BCUT2D eigenvalue weighted by atomic mass is 9.94. The molecule has 0 aliphatic heterocycles. The van der Waals surface area contributed by atoms with Crippen LogP contribution in [0, 0.1) is 6.92 Å². The third kappa shape index (κ3) is 5.59. The Morgan fingerprint density at radius 2 is 1.74 bits per heavy atom. The van der Waals surface area contributed by atoms with Crippen LogP contribution in [0.1, 0.15) is 44.1 Å². The zero-order chi connectivity index (χ0) is 16.7. The summed E-state index contributed by atoms with van der Waals surface area (Å²) in [6.07, 6.45) is 6.75. The topological polar surface area (TPSA) is 57.6 Å². The fourth-order valence-corrected chi connectivity index (χ4v) is 4.67. The number of aliphatic hydroxyl groups is 1. The van der Waals surface area contributed by atoms with E-state index >= 15 is 0 Å². The van der Waals surface area contributed by atoms with Gasteiger partial charge >= 0.3 is 0 Å². The summed E-state index contributed by atoms with van der Waals surface area (Å²) < 4.78 is 24.8. The van der Waals surface area contributed by atoms with Crippen molar-refractivity contribution in [1.29, 1.82) is 0 Å². The molecule has 0 amide bonds. The van der Waals surface area contributed by atoms with Crippen LogP contribution in [0.2, 0.25) is 0 Å². The molecular weight excluding hydrogens is 310 g/mol. The zero-order valence-electron chi connectivity index (χ0n) is 14.1. The molecule has 1 aliphatic carbocycles. The highest BCUT2D eigenvalue weighted by Gasteiger charge is 2.21. The summed E-state index contributed by atoms with van der Waals surface area (Å²) in [6.45, 7) is 3.49. The van der Waals surface area contributed by atoms with Crippen LogP contribution in [0.3, 0.4) is 0 Å². The van der Waals surface area contributed by atoms with Crippen molar-refractivity contribution in [2.24, 2.45) is 0 Å². The van der Waals surface area contributed by atoms with Gasteiger partial charge in [0.05, 0.1) is 17.3 Å². The first-order valence-electron chi connectivity index (χ1n) is 8.67. The molecule has 1 aromatic carbocycles. The molecule has 1 aliphatic rings. The summed E-state index contributed by atoms with van der Waals surface area (Å²) in [4.78, 5) is 2.69. The summed E-state index contributed by atoms with van der Waals surface area (Å²) in [6, 6.07) is 7.58. The van der Waals surface area contributed by atoms with E-state index in [9.17, 15) is 13.5 Å². The van der Waals surface area contributed by atoms with Gasteiger partial charge in [0.2, 0.25) is 0 Å². The van der Waals surface area contributed by atoms with E-state index in [1.54, 1.807) is 12.1 Å². The second-order valence-electron chi connectivity index (χ2n) is 6.54. The molecular formula is C18H29NO3S. The summed E-state index contributed by atoms with van der Waals surface area (Å²) >= 11 is 0. The first-order valence-corrected chi connectivity index (χ1v) is 10.3. The largest absolute Gasteiger partial charge is 0.395 e. The minimum atomic E-state index is -3.21. The molecule has 130 valence electrons. The molecule has 2 rings (SSSR count). The van der Waals surface area contributed by atoms with Gasteiger partial charge in [-0.1, -0.05) is 37.0 Å². The van der Waals surface area contributed by atoms with Crippen LogP contribution < -0.4 is 0 Å². The number of hydrogen-bond acceptors (Lipinski definition) is 4. The molecule has 1 fully saturated rings. The van der Waals surface area contributed by atoms with Crippen molar-refractivity contribution in [3.8, 4) is 0 Å². The van der Waals surface area contributed by atoms with E-state index in [0.717, 1.165) is 12.1 Å². The maximum Gasteiger partial charge on any atom is 0.178 e. The molecule has 0 radical (unpaired) electrons. The van der Waals surface area contributed by atoms with E-state index in [1.165, 1.54) is 32.1 Å². The number of rotatable bonds is 8. The highest BCUT2D eigenvalue weighted by molar-refractivity contribution is 7.91. The molecule has 1 aromatic rings. The van der Waals surface area contributed by atoms with Crippen LogP contribution in [0.5, 0.6) is 0 Å². The predicted molar refractivity (Wildman–Crippen MR) is 93.4 cm³/mol. The van der Waals surface area contributed by atoms with Crippen LogP contribution in [0.4, 0.5) is 0 Å². The maximum absolute atomic E-state index is 12.4. The lowest BCUT2D eigenvalue weighted by Gasteiger charge is -2.33. The Hall–Kier alpha value is -0.910. The van der Waals surface area contributed by atoms with Gasteiger partial charge in [-0.2, -0.15) is 0 Å². The maximum atomic E-state index is 12.4. The number of aliphatic hydroxyl groups excluding tert-OH is 1. The van der Waals surface area contributed by atoms with Gasteiger partial charge in [-0.25, -0.2) is 8.42 Å². The summed E-state index contributed by atoms with van der Waals surface area (Å²) in [5.41, 5.74) is 1.07.